The van der Waals surface area contributed by atoms with E-state index in [0.717, 1.165) is 24.3 Å². The van der Waals surface area contributed by atoms with E-state index >= 15 is 0 Å². The van der Waals surface area contributed by atoms with Crippen LogP contribution in [0.2, 0.25) is 0 Å². The normalized spacial score (nSPS) is 18.1. The predicted octanol–water partition coefficient (Wildman–Crippen LogP) is 0.796. The molecule has 22 heavy (non-hydrogen) atoms. The van der Waals surface area contributed by atoms with Gasteiger partial charge in [-0.2, -0.15) is 5.10 Å². The van der Waals surface area contributed by atoms with Crippen molar-refractivity contribution in [3.05, 3.63) is 42.1 Å². The molecule has 0 radical (unpaired) electrons. The molecule has 1 atom stereocenters. The highest BCUT2D eigenvalue weighted by atomic mass is 16.5. The molecule has 0 aromatic carbocycles. The summed E-state index contributed by atoms with van der Waals surface area (Å²) in [4.78, 5) is 14.6. The maximum absolute atomic E-state index is 12.4. The van der Waals surface area contributed by atoms with Gasteiger partial charge >= 0.3 is 0 Å². The summed E-state index contributed by atoms with van der Waals surface area (Å²) in [5.74, 6) is -0.0288. The lowest BCUT2D eigenvalue weighted by molar-refractivity contribution is -0.126. The van der Waals surface area contributed by atoms with Crippen molar-refractivity contribution in [3.63, 3.8) is 0 Å². The Kier molecular flexibility index (Phi) is 4.55. The summed E-state index contributed by atoms with van der Waals surface area (Å²) in [5, 5.41) is 7.19. The monoisotopic (exact) mass is 304 g/mol. The Morgan fingerprint density at radius 3 is 3.23 bits per heavy atom. The number of furan rings is 1. The first-order valence-corrected chi connectivity index (χ1v) is 7.30. The summed E-state index contributed by atoms with van der Waals surface area (Å²) in [6, 6.07) is 3.58. The van der Waals surface area contributed by atoms with Gasteiger partial charge in [-0.15, -0.1) is 0 Å². The number of fused-ring (bicyclic) bond motifs is 1. The Labute approximate surface area is 128 Å². The zero-order valence-corrected chi connectivity index (χ0v) is 12.6. The van der Waals surface area contributed by atoms with E-state index in [1.807, 2.05) is 16.8 Å². The lowest BCUT2D eigenvalue weighted by atomic mass is 10.1. The molecule has 0 aliphatic carbocycles. The number of amides is 1. The molecule has 7 nitrogen and oxygen atoms in total. The summed E-state index contributed by atoms with van der Waals surface area (Å²) >= 11 is 0. The molecule has 0 spiro atoms. The molecule has 1 N–H and O–H groups in total. The minimum absolute atomic E-state index is 0.0288. The molecule has 7 heteroatoms. The number of hydrogen-bond acceptors (Lipinski definition) is 5. The fraction of sp³-hybridized carbons (Fsp3) is 0.467. The molecule has 0 saturated carbocycles. The van der Waals surface area contributed by atoms with Gasteiger partial charge in [0.05, 0.1) is 24.8 Å². The van der Waals surface area contributed by atoms with Crippen LogP contribution >= 0.6 is 0 Å². The van der Waals surface area contributed by atoms with Crippen LogP contribution in [0.25, 0.3) is 0 Å². The van der Waals surface area contributed by atoms with Gasteiger partial charge in [0.1, 0.15) is 6.04 Å². The largest absolute Gasteiger partial charge is 0.472 e. The molecule has 118 valence electrons. The van der Waals surface area contributed by atoms with Crippen LogP contribution in [0.5, 0.6) is 0 Å². The van der Waals surface area contributed by atoms with Gasteiger partial charge in [-0.1, -0.05) is 0 Å². The summed E-state index contributed by atoms with van der Waals surface area (Å²) in [6.45, 7) is 3.16. The predicted molar refractivity (Wildman–Crippen MR) is 79.0 cm³/mol. The third-order valence-electron chi connectivity index (χ3n) is 3.76. The zero-order valence-electron chi connectivity index (χ0n) is 12.6. The molecule has 1 aliphatic heterocycles. The van der Waals surface area contributed by atoms with Gasteiger partial charge in [-0.3, -0.25) is 14.4 Å². The van der Waals surface area contributed by atoms with E-state index in [0.29, 0.717) is 19.7 Å². The summed E-state index contributed by atoms with van der Waals surface area (Å²) < 4.78 is 11.9. The van der Waals surface area contributed by atoms with Crippen LogP contribution in [-0.2, 0) is 22.6 Å². The number of methoxy groups -OCH3 is 1. The Balaban J connectivity index is 1.70. The molecule has 1 amide bonds. The van der Waals surface area contributed by atoms with Crippen LogP contribution in [0.3, 0.4) is 0 Å². The second-order valence-corrected chi connectivity index (χ2v) is 5.37. The fourth-order valence-corrected chi connectivity index (χ4v) is 2.71. The number of hydrogen-bond donors (Lipinski definition) is 1. The molecule has 0 saturated heterocycles. The molecule has 0 fully saturated rings. The lowest BCUT2D eigenvalue weighted by Gasteiger charge is -2.32. The number of rotatable bonds is 6. The fourth-order valence-electron chi connectivity index (χ4n) is 2.71. The molecule has 2 aromatic heterocycles. The van der Waals surface area contributed by atoms with Gasteiger partial charge in [0, 0.05) is 45.0 Å². The Hall–Kier alpha value is -2.12. The van der Waals surface area contributed by atoms with Gasteiger partial charge in [0.15, 0.2) is 0 Å². The van der Waals surface area contributed by atoms with Crippen molar-refractivity contribution in [3.8, 4) is 0 Å². The van der Waals surface area contributed by atoms with Gasteiger partial charge in [-0.05, 0) is 12.1 Å². The maximum Gasteiger partial charge on any atom is 0.246 e. The molecule has 3 heterocycles. The van der Waals surface area contributed by atoms with Crippen molar-refractivity contribution in [2.45, 2.75) is 19.1 Å². The van der Waals surface area contributed by atoms with E-state index in [-0.39, 0.29) is 11.9 Å². The number of carbonyl (C=O) groups is 1. The second-order valence-electron chi connectivity index (χ2n) is 5.37. The van der Waals surface area contributed by atoms with Crippen LogP contribution in [0.1, 0.15) is 17.3 Å². The van der Waals surface area contributed by atoms with E-state index in [4.69, 9.17) is 9.15 Å². The lowest BCUT2D eigenvalue weighted by Crippen LogP contribution is -2.45. The number of ether oxygens (including phenoxy) is 1. The highest BCUT2D eigenvalue weighted by molar-refractivity contribution is 5.80. The van der Waals surface area contributed by atoms with E-state index in [9.17, 15) is 4.79 Å². The van der Waals surface area contributed by atoms with Crippen LogP contribution in [0.4, 0.5) is 0 Å². The first-order valence-electron chi connectivity index (χ1n) is 7.30. The SMILES string of the molecule is COCCNC(=O)[C@H]1CN(Cc2ccoc2)Cc2ccnn21. The minimum Gasteiger partial charge on any atom is -0.472 e. The molecule has 1 aliphatic rings. The van der Waals surface area contributed by atoms with Crippen molar-refractivity contribution in [1.82, 2.24) is 20.0 Å². The minimum atomic E-state index is -0.317. The second kappa shape index (κ2) is 6.76. The van der Waals surface area contributed by atoms with Crippen LogP contribution in [-0.4, -0.2) is 47.4 Å². The molecular formula is C15H20N4O3. The first-order chi connectivity index (χ1) is 10.8. The average molecular weight is 304 g/mol. The van der Waals surface area contributed by atoms with E-state index in [2.05, 4.69) is 15.3 Å². The zero-order chi connectivity index (χ0) is 15.4. The third kappa shape index (κ3) is 3.20. The first kappa shape index (κ1) is 14.8. The summed E-state index contributed by atoms with van der Waals surface area (Å²) in [7, 11) is 1.62. The van der Waals surface area contributed by atoms with E-state index in [1.165, 1.54) is 0 Å². The summed E-state index contributed by atoms with van der Waals surface area (Å²) in [5.41, 5.74) is 2.15. The Morgan fingerprint density at radius 1 is 1.55 bits per heavy atom. The van der Waals surface area contributed by atoms with Crippen molar-refractivity contribution >= 4 is 5.91 Å². The van der Waals surface area contributed by atoms with Crippen molar-refractivity contribution in [2.75, 3.05) is 26.8 Å². The van der Waals surface area contributed by atoms with E-state index in [1.54, 1.807) is 25.8 Å². The van der Waals surface area contributed by atoms with Crippen LogP contribution in [0.15, 0.2) is 35.3 Å². The number of nitrogens with one attached hydrogen (secondary N) is 1. The molecule has 0 bridgehead atoms. The van der Waals surface area contributed by atoms with Gasteiger partial charge in [0.2, 0.25) is 5.91 Å². The van der Waals surface area contributed by atoms with Crippen LogP contribution < -0.4 is 5.32 Å². The number of nitrogens with zero attached hydrogens (tertiary/aromatic N) is 3. The quantitative estimate of drug-likeness (QED) is 0.799. The highest BCUT2D eigenvalue weighted by Crippen LogP contribution is 2.22. The Morgan fingerprint density at radius 2 is 2.45 bits per heavy atom. The Bertz CT molecular complexity index is 608. The smallest absolute Gasteiger partial charge is 0.246 e. The molecule has 3 rings (SSSR count). The van der Waals surface area contributed by atoms with Gasteiger partial charge < -0.3 is 14.5 Å². The van der Waals surface area contributed by atoms with Crippen molar-refractivity contribution < 1.29 is 13.9 Å². The molecular weight excluding hydrogens is 284 g/mol. The standard InChI is InChI=1S/C15H20N4O3/c1-21-7-5-16-15(20)14-10-18(8-12-3-6-22-11-12)9-13-2-4-17-19(13)14/h2-4,6,11,14H,5,7-10H2,1H3,(H,16,20)/t14-/m1/s1. The third-order valence-corrected chi connectivity index (χ3v) is 3.76. The highest BCUT2D eigenvalue weighted by Gasteiger charge is 2.30. The summed E-state index contributed by atoms with van der Waals surface area (Å²) in [6.07, 6.45) is 5.14. The number of aromatic nitrogens is 2. The molecule has 0 unspecified atom stereocenters. The van der Waals surface area contributed by atoms with Gasteiger partial charge in [0.25, 0.3) is 0 Å². The topological polar surface area (TPSA) is 72.5 Å². The number of carbonyl (C=O) groups excluding carboxylic acids is 1. The average Bonchev–Trinajstić information content (AvgIpc) is 3.17. The molecule has 2 aromatic rings. The van der Waals surface area contributed by atoms with Gasteiger partial charge in [-0.25, -0.2) is 0 Å². The van der Waals surface area contributed by atoms with Crippen molar-refractivity contribution in [2.24, 2.45) is 0 Å². The van der Waals surface area contributed by atoms with Crippen LogP contribution in [0, 0.1) is 0 Å². The van der Waals surface area contributed by atoms with E-state index < -0.39 is 0 Å². The maximum atomic E-state index is 12.4. The van der Waals surface area contributed by atoms with Crippen molar-refractivity contribution in [1.29, 1.82) is 0 Å².